The summed E-state index contributed by atoms with van der Waals surface area (Å²) in [6, 6.07) is 7.29. The minimum Gasteiger partial charge on any atom is -0.497 e. The molecule has 1 aromatic rings. The SMILES string of the molecule is CCCCCCCCCCOCCCC(=O)c1ccc(OC)cc1. The van der Waals surface area contributed by atoms with Crippen LogP contribution in [0.5, 0.6) is 5.75 Å². The Morgan fingerprint density at radius 3 is 2.04 bits per heavy atom. The Kier molecular flexibility index (Phi) is 12.1. The predicted octanol–water partition coefficient (Wildman–Crippen LogP) is 5.82. The molecule has 3 nitrogen and oxygen atoms in total. The molecule has 0 radical (unpaired) electrons. The van der Waals surface area contributed by atoms with E-state index in [0.717, 1.165) is 30.8 Å². The summed E-state index contributed by atoms with van der Waals surface area (Å²) in [4.78, 5) is 12.0. The first kappa shape index (κ1) is 20.7. The molecule has 0 aliphatic rings. The number of rotatable bonds is 15. The van der Waals surface area contributed by atoms with Crippen molar-refractivity contribution in [2.75, 3.05) is 20.3 Å². The number of hydrogen-bond donors (Lipinski definition) is 0. The first-order valence-electron chi connectivity index (χ1n) is 9.53. The van der Waals surface area contributed by atoms with Crippen molar-refractivity contribution >= 4 is 5.78 Å². The average molecular weight is 334 g/mol. The van der Waals surface area contributed by atoms with Crippen molar-refractivity contribution in [1.82, 2.24) is 0 Å². The number of ether oxygens (including phenoxy) is 2. The van der Waals surface area contributed by atoms with Crippen molar-refractivity contribution in [3.05, 3.63) is 29.8 Å². The third-order valence-corrected chi connectivity index (χ3v) is 4.25. The number of carbonyl (C=O) groups is 1. The van der Waals surface area contributed by atoms with E-state index in [1.165, 1.54) is 44.9 Å². The van der Waals surface area contributed by atoms with Crippen molar-refractivity contribution < 1.29 is 14.3 Å². The van der Waals surface area contributed by atoms with Gasteiger partial charge in [-0.2, -0.15) is 0 Å². The second-order valence-corrected chi connectivity index (χ2v) is 6.34. The minimum absolute atomic E-state index is 0.174. The molecular formula is C21H34O3. The lowest BCUT2D eigenvalue weighted by molar-refractivity contribution is 0.0933. The Morgan fingerprint density at radius 1 is 0.833 bits per heavy atom. The molecule has 136 valence electrons. The molecule has 0 aliphatic heterocycles. The average Bonchev–Trinajstić information content (AvgIpc) is 2.62. The van der Waals surface area contributed by atoms with Gasteiger partial charge in [-0.25, -0.2) is 0 Å². The molecule has 24 heavy (non-hydrogen) atoms. The molecule has 0 fully saturated rings. The summed E-state index contributed by atoms with van der Waals surface area (Å²) in [6.07, 6.45) is 11.9. The number of Topliss-reactive ketones (excluding diaryl/α,β-unsaturated/α-hetero) is 1. The Bertz CT molecular complexity index is 425. The van der Waals surface area contributed by atoms with E-state index < -0.39 is 0 Å². The lowest BCUT2D eigenvalue weighted by atomic mass is 10.1. The van der Waals surface area contributed by atoms with Gasteiger partial charge in [-0.05, 0) is 37.1 Å². The van der Waals surface area contributed by atoms with Gasteiger partial charge in [-0.1, -0.05) is 51.9 Å². The van der Waals surface area contributed by atoms with Crippen molar-refractivity contribution in [3.8, 4) is 5.75 Å². The quantitative estimate of drug-likeness (QED) is 0.300. The molecule has 0 saturated carbocycles. The molecule has 1 aromatic carbocycles. The van der Waals surface area contributed by atoms with Gasteiger partial charge in [0.2, 0.25) is 0 Å². The Labute approximate surface area is 147 Å². The van der Waals surface area contributed by atoms with Crippen LogP contribution in [0, 0.1) is 0 Å². The van der Waals surface area contributed by atoms with Gasteiger partial charge in [0.15, 0.2) is 5.78 Å². The van der Waals surface area contributed by atoms with Gasteiger partial charge in [0, 0.05) is 25.2 Å². The fourth-order valence-electron chi connectivity index (χ4n) is 2.70. The van der Waals surface area contributed by atoms with Crippen LogP contribution in [0.4, 0.5) is 0 Å². The highest BCUT2D eigenvalue weighted by atomic mass is 16.5. The number of unbranched alkanes of at least 4 members (excludes halogenated alkanes) is 7. The largest absolute Gasteiger partial charge is 0.497 e. The van der Waals surface area contributed by atoms with Crippen LogP contribution in [0.15, 0.2) is 24.3 Å². The summed E-state index contributed by atoms with van der Waals surface area (Å²) in [5, 5.41) is 0. The Morgan fingerprint density at radius 2 is 1.42 bits per heavy atom. The van der Waals surface area contributed by atoms with E-state index in [1.54, 1.807) is 7.11 Å². The molecule has 0 atom stereocenters. The summed E-state index contributed by atoms with van der Waals surface area (Å²) in [7, 11) is 1.63. The van der Waals surface area contributed by atoms with E-state index in [2.05, 4.69) is 6.92 Å². The summed E-state index contributed by atoms with van der Waals surface area (Å²) < 4.78 is 10.7. The van der Waals surface area contributed by atoms with E-state index in [4.69, 9.17) is 9.47 Å². The van der Waals surface area contributed by atoms with E-state index in [0.29, 0.717) is 13.0 Å². The zero-order valence-corrected chi connectivity index (χ0v) is 15.5. The molecule has 0 saturated heterocycles. The van der Waals surface area contributed by atoms with Crippen LogP contribution in [0.25, 0.3) is 0 Å². The number of methoxy groups -OCH3 is 1. The van der Waals surface area contributed by atoms with Crippen molar-refractivity contribution in [1.29, 1.82) is 0 Å². The standard InChI is InChI=1S/C21H34O3/c1-3-4-5-6-7-8-9-10-17-24-18-11-12-21(22)19-13-15-20(23-2)16-14-19/h13-16H,3-12,17-18H2,1-2H3. The molecule has 1 rings (SSSR count). The van der Waals surface area contributed by atoms with Crippen molar-refractivity contribution in [2.45, 2.75) is 71.1 Å². The fourth-order valence-corrected chi connectivity index (χ4v) is 2.70. The van der Waals surface area contributed by atoms with Gasteiger partial charge in [-0.3, -0.25) is 4.79 Å². The summed E-state index contributed by atoms with van der Waals surface area (Å²) in [5.74, 6) is 0.952. The molecule has 0 heterocycles. The number of benzene rings is 1. The highest BCUT2D eigenvalue weighted by molar-refractivity contribution is 5.96. The van der Waals surface area contributed by atoms with E-state index in [1.807, 2.05) is 24.3 Å². The maximum absolute atomic E-state index is 12.0. The van der Waals surface area contributed by atoms with E-state index in [9.17, 15) is 4.79 Å². The summed E-state index contributed by atoms with van der Waals surface area (Å²) in [5.41, 5.74) is 0.749. The third-order valence-electron chi connectivity index (χ3n) is 4.25. The van der Waals surface area contributed by atoms with Crippen molar-refractivity contribution in [2.24, 2.45) is 0 Å². The van der Waals surface area contributed by atoms with Crippen LogP contribution in [0.3, 0.4) is 0 Å². The predicted molar refractivity (Wildman–Crippen MR) is 100.0 cm³/mol. The maximum atomic E-state index is 12.0. The van der Waals surface area contributed by atoms with Gasteiger partial charge in [-0.15, -0.1) is 0 Å². The summed E-state index contributed by atoms with van der Waals surface area (Å²) >= 11 is 0. The zero-order chi connectivity index (χ0) is 17.5. The Balaban J connectivity index is 1.93. The molecule has 0 unspecified atom stereocenters. The highest BCUT2D eigenvalue weighted by Crippen LogP contribution is 2.13. The minimum atomic E-state index is 0.174. The van der Waals surface area contributed by atoms with Crippen LogP contribution < -0.4 is 4.74 Å². The lowest BCUT2D eigenvalue weighted by Crippen LogP contribution is -2.03. The molecule has 0 spiro atoms. The fraction of sp³-hybridized carbons (Fsp3) is 0.667. The second-order valence-electron chi connectivity index (χ2n) is 6.34. The van der Waals surface area contributed by atoms with Gasteiger partial charge >= 0.3 is 0 Å². The number of hydrogen-bond acceptors (Lipinski definition) is 3. The van der Waals surface area contributed by atoms with E-state index in [-0.39, 0.29) is 5.78 Å². The van der Waals surface area contributed by atoms with Gasteiger partial charge in [0.1, 0.15) is 5.75 Å². The second kappa shape index (κ2) is 14.0. The van der Waals surface area contributed by atoms with Crippen LogP contribution in [0.1, 0.15) is 81.5 Å². The molecule has 0 N–H and O–H groups in total. The van der Waals surface area contributed by atoms with Gasteiger partial charge in [0.25, 0.3) is 0 Å². The number of ketones is 1. The topological polar surface area (TPSA) is 35.5 Å². The molecular weight excluding hydrogens is 300 g/mol. The molecule has 0 aromatic heterocycles. The normalized spacial score (nSPS) is 10.8. The van der Waals surface area contributed by atoms with Crippen molar-refractivity contribution in [3.63, 3.8) is 0 Å². The smallest absolute Gasteiger partial charge is 0.162 e. The number of carbonyl (C=O) groups excluding carboxylic acids is 1. The first-order valence-corrected chi connectivity index (χ1v) is 9.53. The van der Waals surface area contributed by atoms with Crippen LogP contribution in [-0.4, -0.2) is 26.1 Å². The monoisotopic (exact) mass is 334 g/mol. The lowest BCUT2D eigenvalue weighted by Gasteiger charge is -2.05. The third kappa shape index (κ3) is 9.71. The molecule has 3 heteroatoms. The highest BCUT2D eigenvalue weighted by Gasteiger charge is 2.05. The van der Waals surface area contributed by atoms with Crippen LogP contribution in [0.2, 0.25) is 0 Å². The van der Waals surface area contributed by atoms with Crippen LogP contribution >= 0.6 is 0 Å². The maximum Gasteiger partial charge on any atom is 0.162 e. The van der Waals surface area contributed by atoms with Gasteiger partial charge < -0.3 is 9.47 Å². The molecule has 0 bridgehead atoms. The van der Waals surface area contributed by atoms with E-state index >= 15 is 0 Å². The summed E-state index contributed by atoms with van der Waals surface area (Å²) in [6.45, 7) is 3.76. The molecule has 0 aliphatic carbocycles. The zero-order valence-electron chi connectivity index (χ0n) is 15.5. The Hall–Kier alpha value is -1.35. The van der Waals surface area contributed by atoms with Gasteiger partial charge in [0.05, 0.1) is 7.11 Å². The first-order chi connectivity index (χ1) is 11.8. The molecule has 0 amide bonds. The van der Waals surface area contributed by atoms with Crippen LogP contribution in [-0.2, 0) is 4.74 Å².